The summed E-state index contributed by atoms with van der Waals surface area (Å²) >= 11 is 0. The van der Waals surface area contributed by atoms with E-state index in [1.807, 2.05) is 27.7 Å². The van der Waals surface area contributed by atoms with Gasteiger partial charge in [0.15, 0.2) is 5.75 Å². The Morgan fingerprint density at radius 3 is 2.62 bits per heavy atom. The van der Waals surface area contributed by atoms with Crippen molar-refractivity contribution in [1.29, 1.82) is 0 Å². The number of anilines is 1. The molecule has 0 amide bonds. The van der Waals surface area contributed by atoms with E-state index >= 15 is 0 Å². The maximum atomic E-state index is 12.1. The molecule has 0 unspecified atom stereocenters. The highest BCUT2D eigenvalue weighted by Crippen LogP contribution is 2.38. The molecule has 0 aliphatic heterocycles. The molecule has 11 nitrogen and oxygen atoms in total. The largest absolute Gasteiger partial charge is 0.493 e. The molecule has 156 valence electrons. The van der Waals surface area contributed by atoms with Crippen molar-refractivity contribution in [2.75, 3.05) is 19.1 Å². The van der Waals surface area contributed by atoms with Crippen LogP contribution >= 0.6 is 0 Å². The molecule has 0 fully saturated rings. The van der Waals surface area contributed by atoms with Gasteiger partial charge >= 0.3 is 5.69 Å². The number of rotatable bonds is 8. The molecule has 0 aliphatic carbocycles. The first-order valence-electron chi connectivity index (χ1n) is 8.93. The van der Waals surface area contributed by atoms with E-state index < -0.39 is 10.3 Å². The standard InChI is InChI=1S/C18H24N6O5/c1-6-7-29-14-12(24(26)27)8-11(9-13(14)28-5)10-19-22-17-20-16(25)15(21-23-17)18(2,3)4/h8-10H,6-7H2,1-5H3,(H2,20,22,23,25)/b19-10+. The minimum atomic E-state index is -0.549. The van der Waals surface area contributed by atoms with Crippen molar-refractivity contribution in [3.8, 4) is 11.5 Å². The number of nitro benzene ring substituents is 1. The van der Waals surface area contributed by atoms with Gasteiger partial charge in [-0.3, -0.25) is 19.9 Å². The van der Waals surface area contributed by atoms with Crippen LogP contribution < -0.4 is 20.5 Å². The van der Waals surface area contributed by atoms with Crippen LogP contribution in [0.5, 0.6) is 11.5 Å². The number of nitrogens with zero attached hydrogens (tertiary/aromatic N) is 4. The average Bonchev–Trinajstić information content (AvgIpc) is 2.65. The van der Waals surface area contributed by atoms with E-state index in [2.05, 4.69) is 25.7 Å². The summed E-state index contributed by atoms with van der Waals surface area (Å²) in [6.07, 6.45) is 2.03. The summed E-state index contributed by atoms with van der Waals surface area (Å²) in [6, 6.07) is 2.87. The Morgan fingerprint density at radius 1 is 1.34 bits per heavy atom. The van der Waals surface area contributed by atoms with Crippen LogP contribution in [-0.2, 0) is 5.41 Å². The van der Waals surface area contributed by atoms with Gasteiger partial charge in [-0.05, 0) is 12.5 Å². The fourth-order valence-electron chi connectivity index (χ4n) is 2.37. The molecule has 0 saturated carbocycles. The molecular weight excluding hydrogens is 380 g/mol. The number of nitrogens with one attached hydrogen (secondary N) is 2. The third-order valence-corrected chi connectivity index (χ3v) is 3.72. The SMILES string of the molecule is CCCOc1c(OC)cc(/C=N/Nc2nnc(C(C)(C)C)c(=O)[nH]2)cc1[N+](=O)[O-]. The van der Waals surface area contributed by atoms with Gasteiger partial charge in [-0.15, -0.1) is 10.2 Å². The van der Waals surface area contributed by atoms with Gasteiger partial charge in [0, 0.05) is 17.0 Å². The van der Waals surface area contributed by atoms with Gasteiger partial charge in [-0.25, -0.2) is 5.43 Å². The minimum absolute atomic E-state index is 0.0450. The van der Waals surface area contributed by atoms with Gasteiger partial charge in [0.2, 0.25) is 11.7 Å². The summed E-state index contributed by atoms with van der Waals surface area (Å²) < 4.78 is 10.7. The van der Waals surface area contributed by atoms with Crippen molar-refractivity contribution in [3.63, 3.8) is 0 Å². The van der Waals surface area contributed by atoms with E-state index in [-0.39, 0.29) is 28.7 Å². The van der Waals surface area contributed by atoms with E-state index in [1.54, 1.807) is 6.07 Å². The zero-order valence-corrected chi connectivity index (χ0v) is 17.0. The zero-order valence-electron chi connectivity index (χ0n) is 17.0. The fraction of sp³-hybridized carbons (Fsp3) is 0.444. The number of hydrazone groups is 1. The summed E-state index contributed by atoms with van der Waals surface area (Å²) in [7, 11) is 1.40. The average molecular weight is 404 g/mol. The van der Waals surface area contributed by atoms with Crippen molar-refractivity contribution in [2.45, 2.75) is 39.5 Å². The zero-order chi connectivity index (χ0) is 21.6. The van der Waals surface area contributed by atoms with Gasteiger partial charge in [-0.2, -0.15) is 5.10 Å². The number of H-pyrrole nitrogens is 1. The molecule has 0 saturated heterocycles. The first-order valence-corrected chi connectivity index (χ1v) is 8.93. The van der Waals surface area contributed by atoms with Gasteiger partial charge in [-0.1, -0.05) is 27.7 Å². The van der Waals surface area contributed by atoms with Crippen LogP contribution in [0, 0.1) is 10.1 Å². The molecule has 11 heteroatoms. The predicted octanol–water partition coefficient (Wildman–Crippen LogP) is 2.61. The molecule has 29 heavy (non-hydrogen) atoms. The van der Waals surface area contributed by atoms with Crippen molar-refractivity contribution in [3.05, 3.63) is 43.9 Å². The van der Waals surface area contributed by atoms with Crippen LogP contribution in [0.2, 0.25) is 0 Å². The number of aromatic nitrogens is 3. The number of hydrogen-bond acceptors (Lipinski definition) is 9. The normalized spacial score (nSPS) is 11.5. The summed E-state index contributed by atoms with van der Waals surface area (Å²) in [4.78, 5) is 25.5. The third-order valence-electron chi connectivity index (χ3n) is 3.72. The van der Waals surface area contributed by atoms with Crippen molar-refractivity contribution in [1.82, 2.24) is 15.2 Å². The van der Waals surface area contributed by atoms with Crippen LogP contribution in [-0.4, -0.2) is 40.0 Å². The fourth-order valence-corrected chi connectivity index (χ4v) is 2.37. The number of methoxy groups -OCH3 is 1. The lowest BCUT2D eigenvalue weighted by atomic mass is 9.93. The quantitative estimate of drug-likeness (QED) is 0.388. The molecule has 0 aliphatic rings. The second-order valence-corrected chi connectivity index (χ2v) is 7.15. The van der Waals surface area contributed by atoms with Gasteiger partial charge in [0.1, 0.15) is 5.69 Å². The lowest BCUT2D eigenvalue weighted by Gasteiger charge is -2.15. The summed E-state index contributed by atoms with van der Waals surface area (Å²) in [5.41, 5.74) is 2.19. The smallest absolute Gasteiger partial charge is 0.315 e. The Labute approximate surface area is 167 Å². The topological polar surface area (TPSA) is 145 Å². The molecule has 2 N–H and O–H groups in total. The van der Waals surface area contributed by atoms with Crippen molar-refractivity contribution in [2.24, 2.45) is 5.10 Å². The molecule has 1 aromatic heterocycles. The van der Waals surface area contributed by atoms with Crippen LogP contribution in [0.3, 0.4) is 0 Å². The Kier molecular flexibility index (Phi) is 6.86. The molecule has 0 atom stereocenters. The molecule has 2 aromatic rings. The highest BCUT2D eigenvalue weighted by molar-refractivity contribution is 5.83. The monoisotopic (exact) mass is 404 g/mol. The lowest BCUT2D eigenvalue weighted by Crippen LogP contribution is -2.28. The van der Waals surface area contributed by atoms with E-state index in [4.69, 9.17) is 9.47 Å². The van der Waals surface area contributed by atoms with E-state index in [0.29, 0.717) is 24.3 Å². The molecule has 1 heterocycles. The number of hydrogen-bond donors (Lipinski definition) is 2. The van der Waals surface area contributed by atoms with Crippen LogP contribution in [0.1, 0.15) is 45.4 Å². The van der Waals surface area contributed by atoms with E-state index in [9.17, 15) is 14.9 Å². The van der Waals surface area contributed by atoms with E-state index in [1.165, 1.54) is 19.4 Å². The Bertz CT molecular complexity index is 964. The van der Waals surface area contributed by atoms with Gasteiger partial charge in [0.05, 0.1) is 24.9 Å². The first-order chi connectivity index (χ1) is 13.7. The molecular formula is C18H24N6O5. The van der Waals surface area contributed by atoms with Crippen molar-refractivity contribution < 1.29 is 14.4 Å². The Hall–Kier alpha value is -3.50. The van der Waals surface area contributed by atoms with E-state index in [0.717, 1.165) is 0 Å². The number of aromatic amines is 1. The molecule has 0 bridgehead atoms. The van der Waals surface area contributed by atoms with Crippen LogP contribution in [0.15, 0.2) is 22.0 Å². The lowest BCUT2D eigenvalue weighted by molar-refractivity contribution is -0.386. The molecule has 0 spiro atoms. The van der Waals surface area contributed by atoms with Crippen molar-refractivity contribution >= 4 is 17.9 Å². The number of ether oxygens (including phenoxy) is 2. The molecule has 2 rings (SSSR count). The van der Waals surface area contributed by atoms with Crippen LogP contribution in [0.25, 0.3) is 0 Å². The highest BCUT2D eigenvalue weighted by atomic mass is 16.6. The molecule has 0 radical (unpaired) electrons. The first kappa shape index (κ1) is 21.8. The molecule has 1 aromatic carbocycles. The summed E-state index contributed by atoms with van der Waals surface area (Å²) in [5.74, 6) is 0.331. The van der Waals surface area contributed by atoms with Gasteiger partial charge in [0.25, 0.3) is 5.56 Å². The second kappa shape index (κ2) is 9.13. The second-order valence-electron chi connectivity index (χ2n) is 7.15. The Balaban J connectivity index is 2.26. The van der Waals surface area contributed by atoms with Gasteiger partial charge < -0.3 is 9.47 Å². The predicted molar refractivity (Wildman–Crippen MR) is 108 cm³/mol. The highest BCUT2D eigenvalue weighted by Gasteiger charge is 2.22. The summed E-state index contributed by atoms with van der Waals surface area (Å²) in [6.45, 7) is 7.78. The number of benzene rings is 1. The number of nitro groups is 1. The minimum Gasteiger partial charge on any atom is -0.493 e. The maximum Gasteiger partial charge on any atom is 0.315 e. The Morgan fingerprint density at radius 2 is 2.07 bits per heavy atom. The summed E-state index contributed by atoms with van der Waals surface area (Å²) in [5, 5.41) is 23.2. The third kappa shape index (κ3) is 5.50. The maximum absolute atomic E-state index is 12.1. The van der Waals surface area contributed by atoms with Crippen LogP contribution in [0.4, 0.5) is 11.6 Å².